The lowest BCUT2D eigenvalue weighted by Crippen LogP contribution is -2.78. The monoisotopic (exact) mass is 415 g/mol. The summed E-state index contributed by atoms with van der Waals surface area (Å²) in [7, 11) is 1.62. The van der Waals surface area contributed by atoms with Gasteiger partial charge in [-0.15, -0.1) is 0 Å². The topological polar surface area (TPSA) is 57.2 Å². The van der Waals surface area contributed by atoms with Crippen LogP contribution in [0.3, 0.4) is 0 Å². The van der Waals surface area contributed by atoms with Crippen molar-refractivity contribution in [2.24, 2.45) is 5.92 Å². The van der Waals surface area contributed by atoms with Crippen molar-refractivity contribution in [1.29, 1.82) is 0 Å². The minimum Gasteiger partial charge on any atom is -0.493 e. The van der Waals surface area contributed by atoms with Gasteiger partial charge in [0.15, 0.2) is 17.6 Å². The molecule has 3 aliphatic heterocycles. The Morgan fingerprint density at radius 1 is 1.20 bits per heavy atom. The molecule has 2 saturated heterocycles. The molecule has 2 spiro atoms. The normalized spacial score (nSPS) is 39.6. The number of carbonyl (C=O) groups excluding carboxylic acids is 1. The molecule has 0 N–H and O–H groups in total. The highest BCUT2D eigenvalue weighted by molar-refractivity contribution is 5.82. The molecule has 1 aromatic carbocycles. The quantitative estimate of drug-likeness (QED) is 0.743. The average Bonchev–Trinajstić information content (AvgIpc) is 3.38. The van der Waals surface area contributed by atoms with Crippen molar-refractivity contribution in [2.45, 2.75) is 67.5 Å². The van der Waals surface area contributed by atoms with Crippen molar-refractivity contribution in [3.8, 4) is 11.5 Å². The van der Waals surface area contributed by atoms with Gasteiger partial charge in [-0.05, 0) is 43.7 Å². The summed E-state index contributed by atoms with van der Waals surface area (Å²) in [5.74, 6) is 0.558. The van der Waals surface area contributed by atoms with Crippen LogP contribution in [0.25, 0.3) is 0 Å². The van der Waals surface area contributed by atoms with Crippen LogP contribution in [0.5, 0.6) is 11.5 Å². The highest BCUT2D eigenvalue weighted by Crippen LogP contribution is 2.69. The van der Waals surface area contributed by atoms with Gasteiger partial charge in [-0.3, -0.25) is 4.79 Å². The second kappa shape index (κ2) is 5.49. The smallest absolute Gasteiger partial charge is 0.226 e. The van der Waals surface area contributed by atoms with E-state index >= 15 is 4.39 Å². The molecule has 0 aromatic heterocycles. The van der Waals surface area contributed by atoms with Gasteiger partial charge in [0, 0.05) is 24.4 Å². The largest absolute Gasteiger partial charge is 0.493 e. The SMILES string of the molecule is COc1ccc2c3c1OC1C4(CC[C@@]5(F)[C@@H](C2)N(C(=O)C2CC2)CC[C@]315)OCCO4. The van der Waals surface area contributed by atoms with Crippen LogP contribution in [0, 0.1) is 5.92 Å². The lowest BCUT2D eigenvalue weighted by Gasteiger charge is -2.63. The van der Waals surface area contributed by atoms with Crippen molar-refractivity contribution in [3.05, 3.63) is 23.3 Å². The zero-order valence-corrected chi connectivity index (χ0v) is 17.1. The van der Waals surface area contributed by atoms with Crippen LogP contribution in [0.4, 0.5) is 4.39 Å². The Kier molecular flexibility index (Phi) is 3.25. The third-order valence-corrected chi connectivity index (χ3v) is 8.59. The molecule has 6 aliphatic rings. The predicted octanol–water partition coefficient (Wildman–Crippen LogP) is 2.51. The number of rotatable bonds is 2. The molecule has 4 atom stereocenters. The summed E-state index contributed by atoms with van der Waals surface area (Å²) in [4.78, 5) is 15.0. The molecule has 4 fully saturated rings. The highest BCUT2D eigenvalue weighted by atomic mass is 19.1. The Hall–Kier alpha value is -1.86. The van der Waals surface area contributed by atoms with Crippen molar-refractivity contribution in [2.75, 3.05) is 26.9 Å². The van der Waals surface area contributed by atoms with Crippen LogP contribution in [-0.4, -0.2) is 61.3 Å². The van der Waals surface area contributed by atoms with E-state index in [1.165, 1.54) is 0 Å². The maximum atomic E-state index is 17.4. The minimum atomic E-state index is -1.56. The van der Waals surface area contributed by atoms with Gasteiger partial charge in [0.2, 0.25) is 11.7 Å². The Bertz CT molecular complexity index is 957. The molecule has 3 aliphatic carbocycles. The van der Waals surface area contributed by atoms with Gasteiger partial charge in [0.25, 0.3) is 0 Å². The van der Waals surface area contributed by atoms with Crippen molar-refractivity contribution in [1.82, 2.24) is 4.90 Å². The number of fused-ring (bicyclic) bond motifs is 1. The number of ether oxygens (including phenoxy) is 4. The molecule has 0 radical (unpaired) electrons. The number of amides is 1. The number of hydrogen-bond acceptors (Lipinski definition) is 5. The van der Waals surface area contributed by atoms with Gasteiger partial charge in [-0.1, -0.05) is 6.07 Å². The summed E-state index contributed by atoms with van der Waals surface area (Å²) in [6, 6.07) is 3.47. The zero-order chi connectivity index (χ0) is 20.3. The van der Waals surface area contributed by atoms with E-state index in [0.717, 1.165) is 24.0 Å². The Morgan fingerprint density at radius 3 is 2.73 bits per heavy atom. The van der Waals surface area contributed by atoms with Crippen molar-refractivity contribution in [3.63, 3.8) is 0 Å². The fourth-order valence-corrected chi connectivity index (χ4v) is 7.19. The molecule has 1 amide bonds. The second-order valence-corrected chi connectivity index (χ2v) is 9.75. The number of methoxy groups -OCH3 is 1. The Balaban J connectivity index is 1.45. The second-order valence-electron chi connectivity index (χ2n) is 9.75. The Morgan fingerprint density at radius 2 is 2.00 bits per heavy atom. The number of piperidine rings is 1. The van der Waals surface area contributed by atoms with Crippen LogP contribution in [-0.2, 0) is 26.1 Å². The van der Waals surface area contributed by atoms with Gasteiger partial charge >= 0.3 is 0 Å². The molecule has 2 bridgehead atoms. The third-order valence-electron chi connectivity index (χ3n) is 8.59. The molecule has 6 nitrogen and oxygen atoms in total. The molecule has 30 heavy (non-hydrogen) atoms. The molecule has 2 saturated carbocycles. The van der Waals surface area contributed by atoms with Crippen LogP contribution < -0.4 is 9.47 Å². The third kappa shape index (κ3) is 1.83. The Labute approximate surface area is 174 Å². The lowest BCUT2D eigenvalue weighted by atomic mass is 9.49. The maximum Gasteiger partial charge on any atom is 0.226 e. The van der Waals surface area contributed by atoms with E-state index in [1.807, 2.05) is 17.0 Å². The number of nitrogens with zero attached hydrogens (tertiary/aromatic N) is 1. The van der Waals surface area contributed by atoms with Gasteiger partial charge in [-0.25, -0.2) is 4.39 Å². The van der Waals surface area contributed by atoms with E-state index in [2.05, 4.69) is 0 Å². The van der Waals surface area contributed by atoms with E-state index < -0.39 is 29.0 Å². The van der Waals surface area contributed by atoms with E-state index in [-0.39, 0.29) is 11.8 Å². The number of hydrogen-bond donors (Lipinski definition) is 0. The molecule has 1 unspecified atom stereocenters. The highest BCUT2D eigenvalue weighted by Gasteiger charge is 2.79. The van der Waals surface area contributed by atoms with Crippen LogP contribution in [0.15, 0.2) is 12.1 Å². The van der Waals surface area contributed by atoms with Gasteiger partial charge < -0.3 is 23.8 Å². The first-order chi connectivity index (χ1) is 14.5. The lowest BCUT2D eigenvalue weighted by molar-refractivity contribution is -0.281. The fourth-order valence-electron chi connectivity index (χ4n) is 7.19. The predicted molar refractivity (Wildman–Crippen MR) is 103 cm³/mol. The first kappa shape index (κ1) is 17.8. The standard InChI is InChI=1S/C23H26FNO5/c1-27-15-5-4-14-12-16-22(24)6-7-23(28-10-11-29-23)20-21(22,17(14)18(15)30-20)8-9-25(16)19(26)13-2-3-13/h4-5,13,16,20H,2-3,6-12H2,1H3/t16-,20?,21+,22-/m1/s1. The number of halogens is 1. The van der Waals surface area contributed by atoms with Crippen LogP contribution in [0.1, 0.15) is 43.2 Å². The molecule has 1 aromatic rings. The summed E-state index contributed by atoms with van der Waals surface area (Å²) in [6.07, 6.45) is 3.07. The van der Waals surface area contributed by atoms with Gasteiger partial charge in [0.05, 0.1) is 31.8 Å². The first-order valence-electron chi connectivity index (χ1n) is 11.2. The number of alkyl halides is 1. The summed E-state index contributed by atoms with van der Waals surface area (Å²) in [5, 5.41) is 0. The molecular weight excluding hydrogens is 389 g/mol. The summed E-state index contributed by atoms with van der Waals surface area (Å²) < 4.78 is 41.8. The van der Waals surface area contributed by atoms with Crippen molar-refractivity contribution < 1.29 is 28.1 Å². The first-order valence-corrected chi connectivity index (χ1v) is 11.2. The number of benzene rings is 1. The van der Waals surface area contributed by atoms with E-state index in [0.29, 0.717) is 56.9 Å². The molecular formula is C23H26FNO5. The molecule has 3 heterocycles. The molecule has 7 heteroatoms. The molecule has 7 rings (SSSR count). The average molecular weight is 415 g/mol. The maximum absolute atomic E-state index is 17.4. The van der Waals surface area contributed by atoms with Gasteiger partial charge in [-0.2, -0.15) is 0 Å². The zero-order valence-electron chi connectivity index (χ0n) is 17.1. The van der Waals surface area contributed by atoms with Crippen molar-refractivity contribution >= 4 is 5.91 Å². The summed E-state index contributed by atoms with van der Waals surface area (Å²) in [6.45, 7) is 1.54. The van der Waals surface area contributed by atoms with E-state index in [9.17, 15) is 4.79 Å². The summed E-state index contributed by atoms with van der Waals surface area (Å²) >= 11 is 0. The van der Waals surface area contributed by atoms with E-state index in [4.69, 9.17) is 18.9 Å². The van der Waals surface area contributed by atoms with Crippen LogP contribution in [0.2, 0.25) is 0 Å². The number of carbonyl (C=O) groups is 1. The van der Waals surface area contributed by atoms with E-state index in [1.54, 1.807) is 7.11 Å². The fraction of sp³-hybridized carbons (Fsp3) is 0.696. The van der Waals surface area contributed by atoms with Gasteiger partial charge in [0.1, 0.15) is 5.67 Å². The number of likely N-dealkylation sites (tertiary alicyclic amines) is 1. The molecule has 160 valence electrons. The van der Waals surface area contributed by atoms with Crippen LogP contribution >= 0.6 is 0 Å². The summed E-state index contributed by atoms with van der Waals surface area (Å²) in [5.41, 5.74) is -0.443. The minimum absolute atomic E-state index is 0.0857.